The molecule has 1 aromatic rings. The van der Waals surface area contributed by atoms with Crippen LogP contribution in [0.25, 0.3) is 0 Å². The Morgan fingerprint density at radius 3 is 2.92 bits per heavy atom. The largest absolute Gasteiger partial charge is 0.300 e. The van der Waals surface area contributed by atoms with E-state index in [1.165, 1.54) is 13.3 Å². The second-order valence-corrected chi connectivity index (χ2v) is 3.45. The summed E-state index contributed by atoms with van der Waals surface area (Å²) >= 11 is 8.89. The van der Waals surface area contributed by atoms with Gasteiger partial charge in [-0.25, -0.2) is 9.97 Å². The molecule has 0 aliphatic carbocycles. The van der Waals surface area contributed by atoms with Gasteiger partial charge in [0, 0.05) is 6.42 Å². The van der Waals surface area contributed by atoms with Gasteiger partial charge in [0.05, 0.1) is 10.2 Å². The second kappa shape index (κ2) is 3.96. The first kappa shape index (κ1) is 9.61. The molecule has 0 saturated carbocycles. The lowest BCUT2D eigenvalue weighted by Gasteiger charge is -2.00. The van der Waals surface area contributed by atoms with E-state index in [4.69, 9.17) is 11.6 Å². The number of rotatable bonds is 2. The Morgan fingerprint density at radius 1 is 1.67 bits per heavy atom. The Hall–Kier alpha value is -0.480. The van der Waals surface area contributed by atoms with Crippen molar-refractivity contribution in [3.8, 4) is 0 Å². The normalized spacial score (nSPS) is 9.92. The van der Waals surface area contributed by atoms with Crippen LogP contribution in [-0.2, 0) is 11.2 Å². The molecular formula is C7H6BrClN2O. The summed E-state index contributed by atoms with van der Waals surface area (Å²) in [6, 6.07) is 0. The molecule has 1 rings (SSSR count). The Bertz CT molecular complexity index is 316. The molecule has 0 saturated heterocycles. The first-order chi connectivity index (χ1) is 5.61. The molecule has 0 aromatic carbocycles. The Balaban J connectivity index is 3.00. The molecule has 0 unspecified atom stereocenters. The number of Topliss-reactive ketones (excluding diaryl/α,β-unsaturated/α-hetero) is 1. The monoisotopic (exact) mass is 248 g/mol. The predicted octanol–water partition coefficient (Wildman–Crippen LogP) is 2.02. The van der Waals surface area contributed by atoms with Gasteiger partial charge < -0.3 is 0 Å². The van der Waals surface area contributed by atoms with E-state index in [-0.39, 0.29) is 12.2 Å². The van der Waals surface area contributed by atoms with Crippen LogP contribution in [0.1, 0.15) is 12.6 Å². The Labute approximate surface area is 83.3 Å². The highest BCUT2D eigenvalue weighted by atomic mass is 79.9. The summed E-state index contributed by atoms with van der Waals surface area (Å²) in [7, 11) is 0. The van der Waals surface area contributed by atoms with Crippen molar-refractivity contribution in [2.75, 3.05) is 0 Å². The average Bonchev–Trinajstić information content (AvgIpc) is 1.98. The van der Waals surface area contributed by atoms with E-state index in [1.807, 2.05) is 0 Å². The van der Waals surface area contributed by atoms with E-state index in [1.54, 1.807) is 0 Å². The molecule has 0 aliphatic rings. The zero-order chi connectivity index (χ0) is 9.14. The zero-order valence-electron chi connectivity index (χ0n) is 6.34. The summed E-state index contributed by atoms with van der Waals surface area (Å²) in [5, 5.41) is 0.334. The van der Waals surface area contributed by atoms with E-state index in [9.17, 15) is 4.79 Å². The number of carbonyl (C=O) groups is 1. The van der Waals surface area contributed by atoms with Crippen molar-refractivity contribution in [2.45, 2.75) is 13.3 Å². The quantitative estimate of drug-likeness (QED) is 0.753. The third-order valence-corrected chi connectivity index (χ3v) is 2.58. The number of carbonyl (C=O) groups excluding carboxylic acids is 1. The number of hydrogen-bond donors (Lipinski definition) is 0. The minimum absolute atomic E-state index is 0.0467. The minimum Gasteiger partial charge on any atom is -0.300 e. The van der Waals surface area contributed by atoms with E-state index in [2.05, 4.69) is 25.9 Å². The van der Waals surface area contributed by atoms with E-state index >= 15 is 0 Å². The third-order valence-electron chi connectivity index (χ3n) is 1.24. The molecule has 1 heterocycles. The molecule has 12 heavy (non-hydrogen) atoms. The first-order valence-electron chi connectivity index (χ1n) is 3.25. The molecule has 1 aromatic heterocycles. The van der Waals surface area contributed by atoms with Crippen LogP contribution >= 0.6 is 27.5 Å². The van der Waals surface area contributed by atoms with Crippen molar-refractivity contribution in [1.29, 1.82) is 0 Å². The summed E-state index contributed by atoms with van der Waals surface area (Å²) in [6.45, 7) is 1.50. The molecule has 0 amide bonds. The van der Waals surface area contributed by atoms with Gasteiger partial charge in [-0.15, -0.1) is 0 Å². The molecule has 64 valence electrons. The highest BCUT2D eigenvalue weighted by molar-refractivity contribution is 9.10. The van der Waals surface area contributed by atoms with E-state index in [0.29, 0.717) is 15.3 Å². The van der Waals surface area contributed by atoms with Gasteiger partial charge in [-0.2, -0.15) is 0 Å². The SMILES string of the molecule is CC(=O)Cc1ncnc(Cl)c1Br. The van der Waals surface area contributed by atoms with Gasteiger partial charge in [0.15, 0.2) is 0 Å². The summed E-state index contributed by atoms with van der Waals surface area (Å²) in [5.41, 5.74) is 0.627. The molecule has 0 fully saturated rings. The molecule has 0 spiro atoms. The average molecular weight is 249 g/mol. The fraction of sp³-hybridized carbons (Fsp3) is 0.286. The summed E-state index contributed by atoms with van der Waals surface area (Å²) in [4.78, 5) is 18.4. The maximum Gasteiger partial charge on any atom is 0.146 e. The molecular weight excluding hydrogens is 243 g/mol. The predicted molar refractivity (Wildman–Crippen MR) is 49.1 cm³/mol. The van der Waals surface area contributed by atoms with Crippen LogP contribution in [0.5, 0.6) is 0 Å². The Kier molecular flexibility index (Phi) is 3.17. The van der Waals surface area contributed by atoms with Crippen molar-refractivity contribution >= 4 is 33.3 Å². The van der Waals surface area contributed by atoms with Crippen LogP contribution in [0.3, 0.4) is 0 Å². The summed E-state index contributed by atoms with van der Waals surface area (Å²) in [5.74, 6) is 0.0467. The minimum atomic E-state index is 0.0467. The van der Waals surface area contributed by atoms with Crippen LogP contribution in [0.15, 0.2) is 10.8 Å². The third kappa shape index (κ3) is 2.25. The maximum absolute atomic E-state index is 10.8. The van der Waals surface area contributed by atoms with Gasteiger partial charge in [0.1, 0.15) is 17.3 Å². The summed E-state index contributed by atoms with van der Waals surface area (Å²) in [6.07, 6.45) is 1.62. The number of aromatic nitrogens is 2. The van der Waals surface area contributed by atoms with Crippen molar-refractivity contribution in [1.82, 2.24) is 9.97 Å². The molecule has 0 aliphatic heterocycles. The van der Waals surface area contributed by atoms with Gasteiger partial charge in [0.2, 0.25) is 0 Å². The number of halogens is 2. The second-order valence-electron chi connectivity index (χ2n) is 2.30. The van der Waals surface area contributed by atoms with Gasteiger partial charge in [-0.05, 0) is 22.9 Å². The molecule has 0 bridgehead atoms. The molecule has 0 atom stereocenters. The number of hydrogen-bond acceptors (Lipinski definition) is 3. The summed E-state index contributed by atoms with van der Waals surface area (Å²) < 4.78 is 0.599. The fourth-order valence-corrected chi connectivity index (χ4v) is 1.24. The van der Waals surface area contributed by atoms with E-state index in [0.717, 1.165) is 0 Å². The molecule has 3 nitrogen and oxygen atoms in total. The van der Waals surface area contributed by atoms with Crippen LogP contribution in [-0.4, -0.2) is 15.8 Å². The van der Waals surface area contributed by atoms with Gasteiger partial charge in [-0.1, -0.05) is 11.6 Å². The van der Waals surface area contributed by atoms with Crippen LogP contribution in [0.4, 0.5) is 0 Å². The fourth-order valence-electron chi connectivity index (χ4n) is 0.741. The maximum atomic E-state index is 10.8. The van der Waals surface area contributed by atoms with Gasteiger partial charge >= 0.3 is 0 Å². The molecule has 0 N–H and O–H groups in total. The highest BCUT2D eigenvalue weighted by Crippen LogP contribution is 2.22. The van der Waals surface area contributed by atoms with Crippen molar-refractivity contribution < 1.29 is 4.79 Å². The topological polar surface area (TPSA) is 42.9 Å². The van der Waals surface area contributed by atoms with Gasteiger partial charge in [0.25, 0.3) is 0 Å². The molecule has 0 radical (unpaired) electrons. The number of ketones is 1. The van der Waals surface area contributed by atoms with Gasteiger partial charge in [-0.3, -0.25) is 4.79 Å². The van der Waals surface area contributed by atoms with Crippen molar-refractivity contribution in [3.05, 3.63) is 21.6 Å². The van der Waals surface area contributed by atoms with E-state index < -0.39 is 0 Å². The number of nitrogens with zero attached hydrogens (tertiary/aromatic N) is 2. The smallest absolute Gasteiger partial charge is 0.146 e. The first-order valence-corrected chi connectivity index (χ1v) is 4.42. The van der Waals surface area contributed by atoms with Crippen molar-refractivity contribution in [3.63, 3.8) is 0 Å². The Morgan fingerprint density at radius 2 is 2.33 bits per heavy atom. The van der Waals surface area contributed by atoms with Crippen LogP contribution in [0, 0.1) is 0 Å². The molecule has 5 heteroatoms. The standard InChI is InChI=1S/C7H6BrClN2O/c1-4(12)2-5-6(8)7(9)11-3-10-5/h3H,2H2,1H3. The van der Waals surface area contributed by atoms with Crippen LogP contribution in [0.2, 0.25) is 5.15 Å². The highest BCUT2D eigenvalue weighted by Gasteiger charge is 2.07. The van der Waals surface area contributed by atoms with Crippen molar-refractivity contribution in [2.24, 2.45) is 0 Å². The lowest BCUT2D eigenvalue weighted by Crippen LogP contribution is -2.01. The van der Waals surface area contributed by atoms with Crippen LogP contribution < -0.4 is 0 Å². The lowest BCUT2D eigenvalue weighted by molar-refractivity contribution is -0.116. The lowest BCUT2D eigenvalue weighted by atomic mass is 10.2. The zero-order valence-corrected chi connectivity index (χ0v) is 8.68.